The summed E-state index contributed by atoms with van der Waals surface area (Å²) < 4.78 is 1.89. The Balaban J connectivity index is 1.69. The van der Waals surface area contributed by atoms with Gasteiger partial charge in [-0.25, -0.2) is 9.67 Å². The molecule has 0 fully saturated rings. The van der Waals surface area contributed by atoms with Gasteiger partial charge in [0.15, 0.2) is 0 Å². The lowest BCUT2D eigenvalue weighted by Gasteiger charge is -2.18. The van der Waals surface area contributed by atoms with Crippen molar-refractivity contribution in [3.8, 4) is 0 Å². The van der Waals surface area contributed by atoms with Crippen molar-refractivity contribution in [3.05, 3.63) is 47.5 Å². The molecule has 1 heterocycles. The Morgan fingerprint density at radius 2 is 1.90 bits per heavy atom. The maximum absolute atomic E-state index is 10.5. The van der Waals surface area contributed by atoms with E-state index in [0.717, 1.165) is 18.7 Å². The van der Waals surface area contributed by atoms with Gasteiger partial charge in [0.1, 0.15) is 12.2 Å². The summed E-state index contributed by atoms with van der Waals surface area (Å²) >= 11 is 0. The fraction of sp³-hybridized carbons (Fsp3) is 0.500. The quantitative estimate of drug-likeness (QED) is 0.927. The van der Waals surface area contributed by atoms with E-state index in [1.54, 1.807) is 6.33 Å². The van der Waals surface area contributed by atoms with Gasteiger partial charge in [0.2, 0.25) is 0 Å². The van der Waals surface area contributed by atoms with Gasteiger partial charge in [-0.2, -0.15) is 5.10 Å². The lowest BCUT2D eigenvalue weighted by Crippen LogP contribution is -2.25. The third kappa shape index (κ3) is 2.48. The van der Waals surface area contributed by atoms with Crippen molar-refractivity contribution < 1.29 is 5.11 Å². The molecule has 4 heteroatoms. The van der Waals surface area contributed by atoms with E-state index in [0.29, 0.717) is 12.3 Å². The van der Waals surface area contributed by atoms with Crippen LogP contribution >= 0.6 is 0 Å². The van der Waals surface area contributed by atoms with Crippen molar-refractivity contribution in [2.75, 3.05) is 0 Å². The molecule has 4 nitrogen and oxygen atoms in total. The maximum atomic E-state index is 10.5. The van der Waals surface area contributed by atoms with Crippen LogP contribution in [0.4, 0.5) is 0 Å². The monoisotopic (exact) mass is 271 g/mol. The molecule has 20 heavy (non-hydrogen) atoms. The average molecular weight is 271 g/mol. The van der Waals surface area contributed by atoms with Crippen LogP contribution in [0.5, 0.6) is 0 Å². The Kier molecular flexibility index (Phi) is 3.57. The highest BCUT2D eigenvalue weighted by Crippen LogP contribution is 2.29. The van der Waals surface area contributed by atoms with E-state index in [-0.39, 0.29) is 12.1 Å². The first-order chi connectivity index (χ1) is 9.65. The van der Waals surface area contributed by atoms with Gasteiger partial charge >= 0.3 is 0 Å². The van der Waals surface area contributed by atoms with Crippen molar-refractivity contribution in [1.29, 1.82) is 0 Å². The zero-order valence-electron chi connectivity index (χ0n) is 12.0. The number of rotatable bonds is 4. The Labute approximate surface area is 119 Å². The molecule has 1 N–H and O–H groups in total. The summed E-state index contributed by atoms with van der Waals surface area (Å²) in [6, 6.07) is 8.75. The highest BCUT2D eigenvalue weighted by Gasteiger charge is 2.28. The lowest BCUT2D eigenvalue weighted by atomic mass is 9.96. The van der Waals surface area contributed by atoms with Gasteiger partial charge in [-0.05, 0) is 43.7 Å². The molecule has 1 aliphatic carbocycles. The van der Waals surface area contributed by atoms with Gasteiger partial charge in [-0.1, -0.05) is 24.3 Å². The van der Waals surface area contributed by atoms with Gasteiger partial charge in [-0.3, -0.25) is 0 Å². The van der Waals surface area contributed by atoms with Crippen LogP contribution in [0.1, 0.15) is 36.8 Å². The van der Waals surface area contributed by atoms with Gasteiger partial charge < -0.3 is 5.11 Å². The lowest BCUT2D eigenvalue weighted by molar-refractivity contribution is 0.109. The Morgan fingerprint density at radius 1 is 1.25 bits per heavy atom. The van der Waals surface area contributed by atoms with Crippen LogP contribution in [0.25, 0.3) is 0 Å². The average Bonchev–Trinajstić information content (AvgIpc) is 3.03. The van der Waals surface area contributed by atoms with Gasteiger partial charge in [-0.15, -0.1) is 0 Å². The van der Waals surface area contributed by atoms with Crippen LogP contribution in [-0.2, 0) is 19.3 Å². The number of hydrogen-bond donors (Lipinski definition) is 1. The molecule has 0 spiro atoms. The molecular weight excluding hydrogens is 250 g/mol. The summed E-state index contributed by atoms with van der Waals surface area (Å²) in [6.45, 7) is 4.16. The van der Waals surface area contributed by atoms with Crippen LogP contribution in [0.2, 0.25) is 0 Å². The minimum Gasteiger partial charge on any atom is -0.392 e. The van der Waals surface area contributed by atoms with E-state index in [1.165, 1.54) is 11.1 Å². The molecule has 106 valence electrons. The van der Waals surface area contributed by atoms with Gasteiger partial charge in [0.05, 0.1) is 6.10 Å². The second-order valence-electron chi connectivity index (χ2n) is 5.92. The van der Waals surface area contributed by atoms with Crippen molar-refractivity contribution in [2.45, 2.75) is 45.3 Å². The molecule has 1 unspecified atom stereocenters. The zero-order chi connectivity index (χ0) is 14.1. The number of aliphatic hydroxyl groups is 1. The topological polar surface area (TPSA) is 50.9 Å². The molecule has 1 aromatic carbocycles. The van der Waals surface area contributed by atoms with Crippen molar-refractivity contribution >= 4 is 0 Å². The molecule has 1 aromatic heterocycles. The summed E-state index contributed by atoms with van der Waals surface area (Å²) in [4.78, 5) is 4.29. The maximum Gasteiger partial charge on any atom is 0.138 e. The molecule has 0 aliphatic heterocycles. The predicted molar refractivity (Wildman–Crippen MR) is 77.5 cm³/mol. The smallest absolute Gasteiger partial charge is 0.138 e. The summed E-state index contributed by atoms with van der Waals surface area (Å²) in [5.74, 6) is 1.17. The number of hydrogen-bond acceptors (Lipinski definition) is 3. The summed E-state index contributed by atoms with van der Waals surface area (Å²) in [7, 11) is 0. The standard InChI is InChI=1S/C16H21N3O/c1-11(2)19-16(17-10-18-19)9-15(20)14-7-12-5-3-4-6-13(12)8-14/h3-6,10-11,14-15,20H,7-9H2,1-2H3. The summed E-state index contributed by atoms with van der Waals surface area (Å²) in [5, 5.41) is 14.7. The second-order valence-corrected chi connectivity index (χ2v) is 5.92. The number of benzene rings is 1. The molecule has 0 radical (unpaired) electrons. The van der Waals surface area contributed by atoms with Crippen molar-refractivity contribution in [1.82, 2.24) is 14.8 Å². The Hall–Kier alpha value is -1.68. The summed E-state index contributed by atoms with van der Waals surface area (Å²) in [6.07, 6.45) is 3.73. The molecule has 0 bridgehead atoms. The minimum atomic E-state index is -0.357. The molecule has 0 amide bonds. The van der Waals surface area contributed by atoms with Crippen molar-refractivity contribution in [3.63, 3.8) is 0 Å². The van der Waals surface area contributed by atoms with Crippen LogP contribution in [0, 0.1) is 5.92 Å². The van der Waals surface area contributed by atoms with Crippen molar-refractivity contribution in [2.24, 2.45) is 5.92 Å². The molecule has 1 aliphatic rings. The van der Waals surface area contributed by atoms with E-state index in [1.807, 2.05) is 4.68 Å². The third-order valence-electron chi connectivity index (χ3n) is 4.15. The van der Waals surface area contributed by atoms with Crippen LogP contribution in [-0.4, -0.2) is 26.0 Å². The number of aliphatic hydroxyl groups excluding tert-OH is 1. The molecule has 0 saturated carbocycles. The van der Waals surface area contributed by atoms with Gasteiger partial charge in [0.25, 0.3) is 0 Å². The van der Waals surface area contributed by atoms with E-state index in [4.69, 9.17) is 0 Å². The molecule has 3 rings (SSSR count). The van der Waals surface area contributed by atoms with E-state index >= 15 is 0 Å². The van der Waals surface area contributed by atoms with E-state index in [2.05, 4.69) is 48.2 Å². The highest BCUT2D eigenvalue weighted by atomic mass is 16.3. The SMILES string of the molecule is CC(C)n1ncnc1CC(O)C1Cc2ccccc2C1. The fourth-order valence-electron chi connectivity index (χ4n) is 3.07. The first-order valence-electron chi connectivity index (χ1n) is 7.28. The first kappa shape index (κ1) is 13.3. The Bertz CT molecular complexity index is 566. The summed E-state index contributed by atoms with van der Waals surface area (Å²) in [5.41, 5.74) is 2.75. The minimum absolute atomic E-state index is 0.278. The second kappa shape index (κ2) is 5.37. The Morgan fingerprint density at radius 3 is 2.50 bits per heavy atom. The van der Waals surface area contributed by atoms with E-state index < -0.39 is 0 Å². The van der Waals surface area contributed by atoms with Crippen LogP contribution in [0.15, 0.2) is 30.6 Å². The predicted octanol–water partition coefficient (Wildman–Crippen LogP) is 2.18. The normalized spacial score (nSPS) is 16.6. The largest absolute Gasteiger partial charge is 0.392 e. The number of aromatic nitrogens is 3. The van der Waals surface area contributed by atoms with E-state index in [9.17, 15) is 5.11 Å². The highest BCUT2D eigenvalue weighted by molar-refractivity contribution is 5.32. The zero-order valence-corrected chi connectivity index (χ0v) is 12.0. The van der Waals surface area contributed by atoms with Crippen LogP contribution < -0.4 is 0 Å². The molecule has 2 aromatic rings. The molecule has 1 atom stereocenters. The fourth-order valence-corrected chi connectivity index (χ4v) is 3.07. The molecule has 0 saturated heterocycles. The number of fused-ring (bicyclic) bond motifs is 1. The molecular formula is C16H21N3O. The first-order valence-corrected chi connectivity index (χ1v) is 7.28. The third-order valence-corrected chi connectivity index (χ3v) is 4.15. The number of nitrogens with zero attached hydrogens (tertiary/aromatic N) is 3. The van der Waals surface area contributed by atoms with Gasteiger partial charge in [0, 0.05) is 12.5 Å². The van der Waals surface area contributed by atoms with Crippen LogP contribution in [0.3, 0.4) is 0 Å².